The number of ketones is 1. The molecule has 0 fully saturated rings. The Balaban J connectivity index is 1.91. The summed E-state index contributed by atoms with van der Waals surface area (Å²) in [5, 5.41) is 10.9. The second-order valence-corrected chi connectivity index (χ2v) is 5.64. The normalized spacial score (nSPS) is 10.5. The molecule has 146 valence electrons. The largest absolute Gasteiger partial charge is 0.493 e. The summed E-state index contributed by atoms with van der Waals surface area (Å²) in [7, 11) is 3.01. The minimum absolute atomic E-state index is 0.0274. The highest BCUT2D eigenvalue weighted by Gasteiger charge is 2.12. The molecule has 0 N–H and O–H groups in total. The number of para-hydroxylation sites is 1. The van der Waals surface area contributed by atoms with Gasteiger partial charge in [0.2, 0.25) is 0 Å². The zero-order valence-corrected chi connectivity index (χ0v) is 15.4. The molecule has 0 bridgehead atoms. The van der Waals surface area contributed by atoms with E-state index in [0.717, 1.165) is 6.08 Å². The second kappa shape index (κ2) is 9.86. The minimum Gasteiger partial charge on any atom is -0.493 e. The molecular formula is C20H19NO7. The summed E-state index contributed by atoms with van der Waals surface area (Å²) in [5.74, 6) is -0.171. The number of nitro benzene ring substituents is 1. The van der Waals surface area contributed by atoms with Crippen molar-refractivity contribution in [1.29, 1.82) is 0 Å². The highest BCUT2D eigenvalue weighted by Crippen LogP contribution is 2.27. The van der Waals surface area contributed by atoms with Gasteiger partial charge in [-0.25, -0.2) is 0 Å². The molecule has 0 unspecified atom stereocenters. The van der Waals surface area contributed by atoms with Gasteiger partial charge >= 0.3 is 5.97 Å². The smallest absolute Gasteiger partial charge is 0.314 e. The fraction of sp³-hybridized carbons (Fsp3) is 0.200. The maximum Gasteiger partial charge on any atom is 0.314 e. The number of rotatable bonds is 9. The zero-order chi connectivity index (χ0) is 20.5. The topological polar surface area (TPSA) is 105 Å². The van der Waals surface area contributed by atoms with Crippen molar-refractivity contribution in [3.05, 3.63) is 69.8 Å². The van der Waals surface area contributed by atoms with Crippen LogP contribution in [0.4, 0.5) is 5.69 Å². The van der Waals surface area contributed by atoms with Crippen LogP contribution in [0.2, 0.25) is 0 Å². The number of hydrogen-bond acceptors (Lipinski definition) is 7. The van der Waals surface area contributed by atoms with Crippen molar-refractivity contribution in [1.82, 2.24) is 0 Å². The fourth-order valence-corrected chi connectivity index (χ4v) is 2.36. The average molecular weight is 385 g/mol. The van der Waals surface area contributed by atoms with Crippen LogP contribution < -0.4 is 9.47 Å². The van der Waals surface area contributed by atoms with E-state index in [9.17, 15) is 19.7 Å². The number of allylic oxidation sites excluding steroid dienone is 1. The van der Waals surface area contributed by atoms with Gasteiger partial charge in [0.15, 0.2) is 17.3 Å². The Kier molecular flexibility index (Phi) is 7.27. The first-order valence-electron chi connectivity index (χ1n) is 8.25. The molecule has 0 saturated carbocycles. The first-order chi connectivity index (χ1) is 13.4. The Morgan fingerprint density at radius 2 is 1.79 bits per heavy atom. The molecule has 8 nitrogen and oxygen atoms in total. The average Bonchev–Trinajstić information content (AvgIpc) is 2.70. The molecule has 8 heteroatoms. The molecule has 0 aliphatic rings. The number of carbonyl (C=O) groups excluding carboxylic acids is 2. The molecule has 0 saturated heterocycles. The highest BCUT2D eigenvalue weighted by molar-refractivity contribution is 6.04. The Morgan fingerprint density at radius 3 is 2.46 bits per heavy atom. The fourth-order valence-electron chi connectivity index (χ4n) is 2.36. The van der Waals surface area contributed by atoms with Gasteiger partial charge < -0.3 is 14.2 Å². The van der Waals surface area contributed by atoms with Crippen LogP contribution in [0.5, 0.6) is 11.5 Å². The van der Waals surface area contributed by atoms with Gasteiger partial charge in [0.25, 0.3) is 5.69 Å². The third kappa shape index (κ3) is 5.66. The quantitative estimate of drug-likeness (QED) is 0.214. The number of carbonyl (C=O) groups is 2. The molecule has 0 amide bonds. The third-order valence-corrected chi connectivity index (χ3v) is 3.75. The van der Waals surface area contributed by atoms with Gasteiger partial charge in [-0.1, -0.05) is 18.2 Å². The number of methoxy groups -OCH3 is 2. The lowest BCUT2D eigenvalue weighted by molar-refractivity contribution is -0.385. The van der Waals surface area contributed by atoms with E-state index in [1.807, 2.05) is 0 Å². The Bertz CT molecular complexity index is 905. The first-order valence-corrected chi connectivity index (χ1v) is 8.25. The zero-order valence-electron chi connectivity index (χ0n) is 15.4. The van der Waals surface area contributed by atoms with Crippen molar-refractivity contribution in [2.45, 2.75) is 13.0 Å². The van der Waals surface area contributed by atoms with E-state index in [0.29, 0.717) is 17.1 Å². The van der Waals surface area contributed by atoms with Crippen molar-refractivity contribution in [2.75, 3.05) is 14.2 Å². The van der Waals surface area contributed by atoms with Crippen LogP contribution in [-0.4, -0.2) is 30.9 Å². The molecule has 2 rings (SSSR count). The first kappa shape index (κ1) is 20.6. The number of hydrogen-bond donors (Lipinski definition) is 0. The van der Waals surface area contributed by atoms with Gasteiger partial charge in [-0.05, 0) is 35.9 Å². The lowest BCUT2D eigenvalue weighted by Crippen LogP contribution is -2.09. The van der Waals surface area contributed by atoms with E-state index in [1.165, 1.54) is 38.5 Å². The van der Waals surface area contributed by atoms with Crippen molar-refractivity contribution in [3.63, 3.8) is 0 Å². The molecule has 0 aliphatic heterocycles. The molecule has 0 spiro atoms. The molecule has 2 aromatic carbocycles. The lowest BCUT2D eigenvalue weighted by Gasteiger charge is -2.09. The second-order valence-electron chi connectivity index (χ2n) is 5.64. The Hall–Kier alpha value is -3.68. The monoisotopic (exact) mass is 385 g/mol. The van der Waals surface area contributed by atoms with E-state index in [4.69, 9.17) is 14.2 Å². The van der Waals surface area contributed by atoms with Crippen molar-refractivity contribution >= 4 is 23.5 Å². The van der Waals surface area contributed by atoms with Crippen molar-refractivity contribution in [3.8, 4) is 11.5 Å². The number of nitro groups is 1. The molecule has 2 aromatic rings. The predicted octanol–water partition coefficient (Wildman–Crippen LogP) is 3.33. The van der Waals surface area contributed by atoms with Crippen LogP contribution in [0, 0.1) is 10.1 Å². The summed E-state index contributed by atoms with van der Waals surface area (Å²) in [4.78, 5) is 34.2. The summed E-state index contributed by atoms with van der Waals surface area (Å²) < 4.78 is 15.4. The summed E-state index contributed by atoms with van der Waals surface area (Å²) in [5.41, 5.74) is 0.830. The van der Waals surface area contributed by atoms with Gasteiger partial charge in [-0.15, -0.1) is 0 Å². The Morgan fingerprint density at radius 1 is 1.07 bits per heavy atom. The third-order valence-electron chi connectivity index (χ3n) is 3.75. The van der Waals surface area contributed by atoms with E-state index >= 15 is 0 Å². The van der Waals surface area contributed by atoms with Crippen LogP contribution in [0.15, 0.2) is 48.5 Å². The number of benzene rings is 2. The van der Waals surface area contributed by atoms with Gasteiger partial charge in [-0.2, -0.15) is 0 Å². The minimum atomic E-state index is -0.702. The predicted molar refractivity (Wildman–Crippen MR) is 101 cm³/mol. The maximum atomic E-state index is 11.9. The summed E-state index contributed by atoms with van der Waals surface area (Å²) >= 11 is 0. The Labute approximate surface area is 161 Å². The summed E-state index contributed by atoms with van der Waals surface area (Å²) in [6.07, 6.45) is 1.96. The standard InChI is InChI=1S/C20H19NO7/c1-26-18-10-7-14(11-19(18)27-2)13-28-20(23)12-16(22)9-8-15-5-3-4-6-17(15)21(24)25/h3-11H,12-13H2,1-2H3. The maximum absolute atomic E-state index is 11.9. The molecule has 28 heavy (non-hydrogen) atoms. The molecular weight excluding hydrogens is 366 g/mol. The van der Waals surface area contributed by atoms with E-state index in [2.05, 4.69) is 0 Å². The number of esters is 1. The van der Waals surface area contributed by atoms with E-state index in [-0.39, 0.29) is 17.9 Å². The van der Waals surface area contributed by atoms with Crippen molar-refractivity contribution < 1.29 is 28.7 Å². The molecule has 0 heterocycles. The lowest BCUT2D eigenvalue weighted by atomic mass is 10.1. The summed E-state index contributed by atoms with van der Waals surface area (Å²) in [6, 6.07) is 11.1. The molecule has 0 radical (unpaired) electrons. The van der Waals surface area contributed by atoms with E-state index < -0.39 is 23.1 Å². The molecule has 0 aliphatic carbocycles. The number of nitrogens with zero attached hydrogens (tertiary/aromatic N) is 1. The van der Waals surface area contributed by atoms with Crippen LogP contribution in [0.3, 0.4) is 0 Å². The van der Waals surface area contributed by atoms with Crippen LogP contribution in [-0.2, 0) is 20.9 Å². The number of ether oxygens (including phenoxy) is 3. The van der Waals surface area contributed by atoms with Gasteiger partial charge in [-0.3, -0.25) is 19.7 Å². The van der Waals surface area contributed by atoms with Crippen LogP contribution in [0.1, 0.15) is 17.5 Å². The molecule has 0 atom stereocenters. The highest BCUT2D eigenvalue weighted by atomic mass is 16.6. The summed E-state index contributed by atoms with van der Waals surface area (Å²) in [6.45, 7) is -0.0274. The van der Waals surface area contributed by atoms with Gasteiger partial charge in [0, 0.05) is 6.07 Å². The van der Waals surface area contributed by atoms with Crippen LogP contribution in [0.25, 0.3) is 6.08 Å². The van der Waals surface area contributed by atoms with E-state index in [1.54, 1.807) is 24.3 Å². The molecule has 0 aromatic heterocycles. The SMILES string of the molecule is COc1ccc(COC(=O)CC(=O)C=Cc2ccccc2[N+](=O)[O-])cc1OC. The van der Waals surface area contributed by atoms with Crippen molar-refractivity contribution in [2.24, 2.45) is 0 Å². The van der Waals surface area contributed by atoms with Gasteiger partial charge in [0.1, 0.15) is 13.0 Å². The van der Waals surface area contributed by atoms with Crippen LogP contribution >= 0.6 is 0 Å². The van der Waals surface area contributed by atoms with Gasteiger partial charge in [0.05, 0.1) is 24.7 Å².